The molecule has 8 rings (SSSR count). The molecule has 3 fully saturated rings. The lowest BCUT2D eigenvalue weighted by molar-refractivity contribution is -0.138. The van der Waals surface area contributed by atoms with Crippen LogP contribution in [-0.4, -0.2) is 49.2 Å². The van der Waals surface area contributed by atoms with Gasteiger partial charge in [-0.25, -0.2) is 4.98 Å². The standard InChI is InChI=1S/C37H34F3N9O/c1-22(48-12-10-35(20-48)5-6-35)24-14-28-29(30(15-24)37(38,39)40)19-49(34(28)50)32-17-25(16-31(44-32)45-36(7-8-36)9-11-41)27-13-23(18-42)3-4-26(27)33-46-43-21-47(33)2/h3-4,13-17,21-22H,5-10,12,19-20H2,1-2H3,(H,44,45)/t22-/m0/s1. The van der Waals surface area contributed by atoms with E-state index in [-0.39, 0.29) is 36.0 Å². The monoisotopic (exact) mass is 677 g/mol. The number of carbonyl (C=O) groups excluding carboxylic acids is 1. The van der Waals surface area contributed by atoms with Crippen molar-refractivity contribution in [1.29, 1.82) is 10.5 Å². The lowest BCUT2D eigenvalue weighted by atomic mass is 9.95. The van der Waals surface area contributed by atoms with Gasteiger partial charge in [0.25, 0.3) is 5.91 Å². The van der Waals surface area contributed by atoms with Crippen LogP contribution in [0.1, 0.15) is 84.1 Å². The van der Waals surface area contributed by atoms with Gasteiger partial charge in [-0.15, -0.1) is 10.2 Å². The first-order chi connectivity index (χ1) is 23.9. The fourth-order valence-corrected chi connectivity index (χ4v) is 7.57. The molecule has 2 aliphatic carbocycles. The summed E-state index contributed by atoms with van der Waals surface area (Å²) in [6, 6.07) is 15.5. The molecular weight excluding hydrogens is 643 g/mol. The van der Waals surface area contributed by atoms with Crippen molar-refractivity contribution < 1.29 is 18.0 Å². The van der Waals surface area contributed by atoms with Gasteiger partial charge in [0.15, 0.2) is 5.82 Å². The van der Waals surface area contributed by atoms with Crippen molar-refractivity contribution in [1.82, 2.24) is 24.6 Å². The molecule has 2 aliphatic heterocycles. The van der Waals surface area contributed by atoms with E-state index in [4.69, 9.17) is 4.98 Å². The number of alkyl halides is 3. The van der Waals surface area contributed by atoms with Gasteiger partial charge < -0.3 is 9.88 Å². The average molecular weight is 678 g/mol. The summed E-state index contributed by atoms with van der Waals surface area (Å²) in [7, 11) is 1.79. The number of aryl methyl sites for hydroxylation is 1. The SMILES string of the molecule is C[C@@H](c1cc2c(c(C(F)(F)F)c1)CN(c1cc(-c3cc(C#N)ccc3-c3nncn3C)cc(NC3(CC#N)CC3)n1)C2=O)N1CCC2(CC2)C1. The number of amides is 1. The van der Waals surface area contributed by atoms with E-state index in [1.165, 1.54) is 11.0 Å². The van der Waals surface area contributed by atoms with E-state index in [0.717, 1.165) is 45.2 Å². The van der Waals surface area contributed by atoms with Crippen LogP contribution in [0.25, 0.3) is 22.5 Å². The van der Waals surface area contributed by atoms with Crippen LogP contribution in [0.3, 0.4) is 0 Å². The van der Waals surface area contributed by atoms with Crippen LogP contribution in [-0.2, 0) is 19.8 Å². The van der Waals surface area contributed by atoms with Gasteiger partial charge in [0.2, 0.25) is 0 Å². The van der Waals surface area contributed by atoms with Crippen molar-refractivity contribution >= 4 is 17.5 Å². The average Bonchev–Trinajstić information content (AvgIpc) is 3.88. The zero-order valence-electron chi connectivity index (χ0n) is 27.7. The van der Waals surface area contributed by atoms with Crippen LogP contribution in [0.2, 0.25) is 0 Å². The van der Waals surface area contributed by atoms with Gasteiger partial charge >= 0.3 is 6.18 Å². The van der Waals surface area contributed by atoms with E-state index in [1.807, 2.05) is 6.92 Å². The summed E-state index contributed by atoms with van der Waals surface area (Å²) in [6.07, 6.45) is 1.99. The maximum Gasteiger partial charge on any atom is 0.416 e. The highest BCUT2D eigenvalue weighted by atomic mass is 19.4. The topological polar surface area (TPSA) is 127 Å². The summed E-state index contributed by atoms with van der Waals surface area (Å²) in [6.45, 7) is 3.29. The van der Waals surface area contributed by atoms with Crippen LogP contribution >= 0.6 is 0 Å². The number of halogens is 3. The summed E-state index contributed by atoms with van der Waals surface area (Å²) in [4.78, 5) is 22.5. The number of nitrogens with zero attached hydrogens (tertiary/aromatic N) is 8. The number of nitrogens with one attached hydrogen (secondary N) is 1. The number of likely N-dealkylation sites (tertiary alicyclic amines) is 1. The van der Waals surface area contributed by atoms with E-state index in [0.29, 0.717) is 44.9 Å². The number of benzene rings is 2. The van der Waals surface area contributed by atoms with Crippen molar-refractivity contribution in [3.8, 4) is 34.7 Å². The molecule has 2 aromatic heterocycles. The molecule has 2 saturated carbocycles. The molecule has 4 aromatic rings. The second-order valence-corrected chi connectivity index (χ2v) is 14.4. The number of anilines is 2. The Kier molecular flexibility index (Phi) is 7.28. The maximum absolute atomic E-state index is 14.7. The van der Waals surface area contributed by atoms with Crippen molar-refractivity contribution in [2.24, 2.45) is 12.5 Å². The van der Waals surface area contributed by atoms with Gasteiger partial charge in [0, 0.05) is 30.8 Å². The molecule has 2 aromatic carbocycles. The first-order valence-corrected chi connectivity index (χ1v) is 16.8. The zero-order chi connectivity index (χ0) is 35.0. The zero-order valence-corrected chi connectivity index (χ0v) is 27.7. The number of rotatable bonds is 8. The molecule has 0 unspecified atom stereocenters. The highest BCUT2D eigenvalue weighted by molar-refractivity contribution is 6.10. The smallest absolute Gasteiger partial charge is 0.364 e. The Morgan fingerprint density at radius 1 is 1.02 bits per heavy atom. The molecule has 254 valence electrons. The molecule has 4 heterocycles. The number of carbonyl (C=O) groups is 1. The summed E-state index contributed by atoms with van der Waals surface area (Å²) >= 11 is 0. The summed E-state index contributed by atoms with van der Waals surface area (Å²) in [5, 5.41) is 30.9. The summed E-state index contributed by atoms with van der Waals surface area (Å²) in [5.74, 6) is 0.497. The fraction of sp³-hybridized carbons (Fsp3) is 0.405. The fourth-order valence-electron chi connectivity index (χ4n) is 7.57. The maximum atomic E-state index is 14.7. The molecule has 1 atom stereocenters. The Morgan fingerprint density at radius 2 is 1.82 bits per heavy atom. The van der Waals surface area contributed by atoms with Gasteiger partial charge in [-0.05, 0) is 116 Å². The molecule has 10 nitrogen and oxygen atoms in total. The normalized spacial score (nSPS) is 19.3. The highest BCUT2D eigenvalue weighted by Gasteiger charge is 2.49. The predicted molar refractivity (Wildman–Crippen MR) is 178 cm³/mol. The minimum absolute atomic E-state index is 0.0260. The van der Waals surface area contributed by atoms with Gasteiger partial charge in [0.05, 0.1) is 41.8 Å². The lowest BCUT2D eigenvalue weighted by Gasteiger charge is -2.26. The first kappa shape index (κ1) is 32.0. The van der Waals surface area contributed by atoms with Crippen LogP contribution in [0.5, 0.6) is 0 Å². The van der Waals surface area contributed by atoms with Crippen molar-refractivity contribution in [2.75, 3.05) is 23.3 Å². The molecule has 1 saturated heterocycles. The largest absolute Gasteiger partial charge is 0.416 e. The Balaban J connectivity index is 1.23. The number of hydrogen-bond acceptors (Lipinski definition) is 8. The highest BCUT2D eigenvalue weighted by Crippen LogP contribution is 2.54. The van der Waals surface area contributed by atoms with Crippen molar-refractivity contribution in [2.45, 2.75) is 69.8 Å². The van der Waals surface area contributed by atoms with Gasteiger partial charge in [-0.3, -0.25) is 14.6 Å². The third-order valence-corrected chi connectivity index (χ3v) is 11.0. The van der Waals surface area contributed by atoms with Crippen LogP contribution in [0, 0.1) is 28.1 Å². The van der Waals surface area contributed by atoms with Gasteiger partial charge in [-0.2, -0.15) is 23.7 Å². The lowest BCUT2D eigenvalue weighted by Crippen LogP contribution is -2.26. The number of aromatic nitrogens is 4. The molecule has 0 radical (unpaired) electrons. The van der Waals surface area contributed by atoms with E-state index >= 15 is 0 Å². The van der Waals surface area contributed by atoms with Crippen LogP contribution < -0.4 is 10.2 Å². The third-order valence-electron chi connectivity index (χ3n) is 11.0. The van der Waals surface area contributed by atoms with E-state index in [9.17, 15) is 28.5 Å². The van der Waals surface area contributed by atoms with Crippen LogP contribution in [0.4, 0.5) is 24.8 Å². The van der Waals surface area contributed by atoms with Crippen molar-refractivity contribution in [3.05, 3.63) is 76.6 Å². The Morgan fingerprint density at radius 3 is 2.46 bits per heavy atom. The van der Waals surface area contributed by atoms with E-state index in [2.05, 4.69) is 32.6 Å². The Labute approximate surface area is 287 Å². The molecule has 0 bridgehead atoms. The molecular formula is C37H34F3N9O. The third kappa shape index (κ3) is 5.56. The number of nitriles is 2. The molecule has 1 spiro atoms. The minimum Gasteiger partial charge on any atom is -0.364 e. The first-order valence-electron chi connectivity index (χ1n) is 16.8. The molecule has 1 N–H and O–H groups in total. The second kappa shape index (κ2) is 11.4. The Bertz CT molecular complexity index is 2130. The number of fused-ring (bicyclic) bond motifs is 1. The molecule has 1 amide bonds. The molecule has 13 heteroatoms. The van der Waals surface area contributed by atoms with Gasteiger partial charge in [0.1, 0.15) is 18.0 Å². The molecule has 50 heavy (non-hydrogen) atoms. The van der Waals surface area contributed by atoms with E-state index < -0.39 is 23.2 Å². The number of pyridine rings is 1. The van der Waals surface area contributed by atoms with E-state index in [1.54, 1.807) is 54.3 Å². The van der Waals surface area contributed by atoms with Gasteiger partial charge in [-0.1, -0.05) is 0 Å². The second-order valence-electron chi connectivity index (χ2n) is 14.4. The predicted octanol–water partition coefficient (Wildman–Crippen LogP) is 7.00. The summed E-state index contributed by atoms with van der Waals surface area (Å²) in [5.41, 5.74) is 1.65. The minimum atomic E-state index is -4.67. The van der Waals surface area contributed by atoms with Crippen molar-refractivity contribution in [3.63, 3.8) is 0 Å². The summed E-state index contributed by atoms with van der Waals surface area (Å²) < 4.78 is 45.9. The molecule has 4 aliphatic rings. The van der Waals surface area contributed by atoms with Crippen LogP contribution in [0.15, 0.2) is 48.8 Å². The quantitative estimate of drug-likeness (QED) is 0.211. The Hall–Kier alpha value is -5.27. The number of hydrogen-bond donors (Lipinski definition) is 1.